The summed E-state index contributed by atoms with van der Waals surface area (Å²) in [4.78, 5) is 5.70. The van der Waals surface area contributed by atoms with Crippen molar-refractivity contribution in [2.75, 3.05) is 7.05 Å². The van der Waals surface area contributed by atoms with Crippen LogP contribution < -0.4 is 5.32 Å². The Balaban J connectivity index is 1.95. The second-order valence-corrected chi connectivity index (χ2v) is 5.86. The van der Waals surface area contributed by atoms with Crippen molar-refractivity contribution < 1.29 is 0 Å². The van der Waals surface area contributed by atoms with Crippen molar-refractivity contribution in [2.45, 2.75) is 45.7 Å². The molecule has 2 aromatic rings. The first-order valence-corrected chi connectivity index (χ1v) is 7.84. The molecular formula is C15H23N3S. The number of nitrogens with zero attached hydrogens (tertiary/aromatic N) is 2. The number of thiazole rings is 1. The predicted molar refractivity (Wildman–Crippen MR) is 81.7 cm³/mol. The van der Waals surface area contributed by atoms with Gasteiger partial charge in [0.1, 0.15) is 0 Å². The molecule has 1 N–H and O–H groups in total. The van der Waals surface area contributed by atoms with Gasteiger partial charge in [-0.25, -0.2) is 4.98 Å². The molecule has 19 heavy (non-hydrogen) atoms. The number of hydrogen-bond donors (Lipinski definition) is 1. The first-order chi connectivity index (χ1) is 9.24. The molecule has 4 heteroatoms. The van der Waals surface area contributed by atoms with Crippen molar-refractivity contribution in [2.24, 2.45) is 0 Å². The monoisotopic (exact) mass is 277 g/mol. The van der Waals surface area contributed by atoms with E-state index in [4.69, 9.17) is 0 Å². The molecule has 0 saturated heterocycles. The molecule has 0 fully saturated rings. The van der Waals surface area contributed by atoms with Crippen LogP contribution in [0.3, 0.4) is 0 Å². The Morgan fingerprint density at radius 1 is 1.47 bits per heavy atom. The van der Waals surface area contributed by atoms with Crippen LogP contribution in [0.5, 0.6) is 0 Å². The van der Waals surface area contributed by atoms with Crippen molar-refractivity contribution >= 4 is 11.3 Å². The molecule has 104 valence electrons. The average molecular weight is 277 g/mol. The van der Waals surface area contributed by atoms with Crippen LogP contribution >= 0.6 is 11.3 Å². The Kier molecular flexibility index (Phi) is 5.16. The number of aryl methyl sites for hydroxylation is 3. The van der Waals surface area contributed by atoms with E-state index in [-0.39, 0.29) is 0 Å². The summed E-state index contributed by atoms with van der Waals surface area (Å²) in [5.41, 5.74) is 4.51. The van der Waals surface area contributed by atoms with E-state index in [1.807, 2.05) is 12.6 Å². The van der Waals surface area contributed by atoms with Gasteiger partial charge in [-0.15, -0.1) is 11.3 Å². The van der Waals surface area contributed by atoms with Crippen molar-refractivity contribution in [3.8, 4) is 0 Å². The lowest BCUT2D eigenvalue weighted by Gasteiger charge is -2.13. The zero-order chi connectivity index (χ0) is 13.7. The summed E-state index contributed by atoms with van der Waals surface area (Å²) in [6.45, 7) is 5.35. The lowest BCUT2D eigenvalue weighted by molar-refractivity contribution is 0.540. The molecule has 0 aliphatic carbocycles. The van der Waals surface area contributed by atoms with Gasteiger partial charge in [0.05, 0.1) is 11.2 Å². The molecule has 2 rings (SSSR count). The average Bonchev–Trinajstić information content (AvgIpc) is 3.02. The van der Waals surface area contributed by atoms with Crippen LogP contribution in [0.15, 0.2) is 24.0 Å². The van der Waals surface area contributed by atoms with Gasteiger partial charge in [0, 0.05) is 36.3 Å². The number of aromatic nitrogens is 2. The third-order valence-corrected chi connectivity index (χ3v) is 4.54. The summed E-state index contributed by atoms with van der Waals surface area (Å²) in [6.07, 6.45) is 7.92. The highest BCUT2D eigenvalue weighted by molar-refractivity contribution is 7.09. The maximum Gasteiger partial charge on any atom is 0.0797 e. The van der Waals surface area contributed by atoms with Crippen molar-refractivity contribution in [1.29, 1.82) is 0 Å². The first kappa shape index (κ1) is 14.3. The van der Waals surface area contributed by atoms with E-state index < -0.39 is 0 Å². The summed E-state index contributed by atoms with van der Waals surface area (Å²) < 4.78 is 2.29. The number of hydrogen-bond acceptors (Lipinski definition) is 3. The molecule has 1 unspecified atom stereocenters. The summed E-state index contributed by atoms with van der Waals surface area (Å²) in [5.74, 6) is 0. The van der Waals surface area contributed by atoms with Gasteiger partial charge in [0.15, 0.2) is 0 Å². The Morgan fingerprint density at radius 2 is 2.32 bits per heavy atom. The Hall–Kier alpha value is -1.13. The summed E-state index contributed by atoms with van der Waals surface area (Å²) in [5, 5.41) is 3.39. The molecule has 1 atom stereocenters. The van der Waals surface area contributed by atoms with Crippen LogP contribution in [0.4, 0.5) is 0 Å². The minimum Gasteiger partial charge on any atom is -0.354 e. The van der Waals surface area contributed by atoms with E-state index in [9.17, 15) is 0 Å². The first-order valence-electron chi connectivity index (χ1n) is 6.96. The minimum atomic E-state index is 0.483. The second-order valence-electron chi connectivity index (χ2n) is 4.92. The van der Waals surface area contributed by atoms with E-state index in [0.29, 0.717) is 6.04 Å². The molecule has 0 radical (unpaired) electrons. The zero-order valence-electron chi connectivity index (χ0n) is 12.0. The van der Waals surface area contributed by atoms with Crippen LogP contribution in [0.25, 0.3) is 0 Å². The van der Waals surface area contributed by atoms with E-state index in [1.54, 1.807) is 11.3 Å². The minimum absolute atomic E-state index is 0.483. The molecule has 0 bridgehead atoms. The Morgan fingerprint density at radius 3 is 2.95 bits per heavy atom. The van der Waals surface area contributed by atoms with Crippen LogP contribution in [-0.4, -0.2) is 16.6 Å². The molecule has 0 aliphatic heterocycles. The molecule has 2 heterocycles. The fourth-order valence-electron chi connectivity index (χ4n) is 2.37. The van der Waals surface area contributed by atoms with Crippen LogP contribution in [0.1, 0.15) is 41.9 Å². The van der Waals surface area contributed by atoms with Crippen LogP contribution in [0.2, 0.25) is 0 Å². The highest BCUT2D eigenvalue weighted by Crippen LogP contribution is 2.19. The highest BCUT2D eigenvalue weighted by Gasteiger charge is 2.09. The molecule has 0 saturated carbocycles. The molecule has 3 nitrogen and oxygen atoms in total. The third-order valence-electron chi connectivity index (χ3n) is 3.54. The lowest BCUT2D eigenvalue weighted by atomic mass is 10.1. The van der Waals surface area contributed by atoms with Gasteiger partial charge >= 0.3 is 0 Å². The van der Waals surface area contributed by atoms with E-state index >= 15 is 0 Å². The SMILES string of the molecule is CCCC(NC)c1ccn(CCc2scnc2C)c1. The van der Waals surface area contributed by atoms with Gasteiger partial charge < -0.3 is 9.88 Å². The molecule has 0 spiro atoms. The van der Waals surface area contributed by atoms with E-state index in [1.165, 1.54) is 29.0 Å². The van der Waals surface area contributed by atoms with Crippen molar-refractivity contribution in [3.05, 3.63) is 40.1 Å². The summed E-state index contributed by atoms with van der Waals surface area (Å²) in [7, 11) is 2.04. The fraction of sp³-hybridized carbons (Fsp3) is 0.533. The molecule has 2 aromatic heterocycles. The molecule has 0 amide bonds. The van der Waals surface area contributed by atoms with E-state index in [2.05, 4.69) is 47.2 Å². The van der Waals surface area contributed by atoms with E-state index in [0.717, 1.165) is 13.0 Å². The largest absolute Gasteiger partial charge is 0.354 e. The quantitative estimate of drug-likeness (QED) is 0.838. The normalized spacial score (nSPS) is 12.8. The number of nitrogens with one attached hydrogen (secondary N) is 1. The second kappa shape index (κ2) is 6.87. The number of rotatable bonds is 7. The standard InChI is InChI=1S/C15H23N3S/c1-4-5-14(16-3)13-6-8-18(10-13)9-7-15-12(2)17-11-19-15/h6,8,10-11,14,16H,4-5,7,9H2,1-3H3. The van der Waals surface area contributed by atoms with Crippen LogP contribution in [0, 0.1) is 6.92 Å². The fourth-order valence-corrected chi connectivity index (χ4v) is 3.14. The van der Waals surface area contributed by atoms with Crippen LogP contribution in [-0.2, 0) is 13.0 Å². The molecular weight excluding hydrogens is 254 g/mol. The third kappa shape index (κ3) is 3.67. The Labute approximate surface area is 119 Å². The van der Waals surface area contributed by atoms with Gasteiger partial charge in [-0.3, -0.25) is 0 Å². The maximum atomic E-state index is 4.30. The predicted octanol–water partition coefficient (Wildman–Crippen LogP) is 3.56. The molecule has 0 aromatic carbocycles. The zero-order valence-corrected chi connectivity index (χ0v) is 12.8. The Bertz CT molecular complexity index is 501. The van der Waals surface area contributed by atoms with Gasteiger partial charge in [-0.05, 0) is 32.0 Å². The summed E-state index contributed by atoms with van der Waals surface area (Å²) >= 11 is 1.76. The van der Waals surface area contributed by atoms with Gasteiger partial charge in [0.2, 0.25) is 0 Å². The van der Waals surface area contributed by atoms with Gasteiger partial charge in [0.25, 0.3) is 0 Å². The van der Waals surface area contributed by atoms with Crippen molar-refractivity contribution in [1.82, 2.24) is 14.9 Å². The van der Waals surface area contributed by atoms with Gasteiger partial charge in [-0.2, -0.15) is 0 Å². The van der Waals surface area contributed by atoms with Crippen molar-refractivity contribution in [3.63, 3.8) is 0 Å². The highest BCUT2D eigenvalue weighted by atomic mass is 32.1. The lowest BCUT2D eigenvalue weighted by Crippen LogP contribution is -2.15. The molecule has 0 aliphatic rings. The van der Waals surface area contributed by atoms with Gasteiger partial charge in [-0.1, -0.05) is 13.3 Å². The topological polar surface area (TPSA) is 29.9 Å². The maximum absolute atomic E-state index is 4.30. The smallest absolute Gasteiger partial charge is 0.0797 e. The summed E-state index contributed by atoms with van der Waals surface area (Å²) in [6, 6.07) is 2.72.